The highest BCUT2D eigenvalue weighted by Crippen LogP contribution is 2.42. The lowest BCUT2D eigenvalue weighted by molar-refractivity contribution is 1.18. The Bertz CT molecular complexity index is 3080. The number of nitrogens with zero attached hydrogens (tertiary/aromatic N) is 2. The third-order valence-corrected chi connectivity index (χ3v) is 16.3. The van der Waals surface area contributed by atoms with Gasteiger partial charge in [0, 0.05) is 53.7 Å². The Balaban J connectivity index is 1.02. The maximum atomic E-state index is 2.50. The molecule has 0 fully saturated rings. The molecule has 4 heteroatoms. The maximum Gasteiger partial charge on any atom is 0.117 e. The van der Waals surface area contributed by atoms with Crippen LogP contribution in [-0.4, -0.2) is 12.6 Å². The van der Waals surface area contributed by atoms with Crippen molar-refractivity contribution >= 4 is 88.8 Å². The molecule has 0 saturated carbocycles. The van der Waals surface area contributed by atoms with Crippen LogP contribution in [0.1, 0.15) is 0 Å². The van der Waals surface area contributed by atoms with Gasteiger partial charge in [-0.1, -0.05) is 134 Å². The highest BCUT2D eigenvalue weighted by molar-refractivity contribution is 7.26. The van der Waals surface area contributed by atoms with Crippen molar-refractivity contribution in [2.45, 2.75) is 13.1 Å². The van der Waals surface area contributed by atoms with Gasteiger partial charge in [0.2, 0.25) is 0 Å². The largest absolute Gasteiger partial charge is 0.311 e. The summed E-state index contributed by atoms with van der Waals surface area (Å²) in [4.78, 5) is 2.46. The fourth-order valence-electron chi connectivity index (χ4n) is 8.93. The highest BCUT2D eigenvalue weighted by Gasteiger charge is 2.38. The molecular formula is C50H36N2SSi. The Hall–Kier alpha value is -6.20. The molecule has 2 nitrogen and oxygen atoms in total. The molecule has 2 aromatic heterocycles. The highest BCUT2D eigenvalue weighted by atomic mass is 32.1. The van der Waals surface area contributed by atoms with E-state index in [0.29, 0.717) is 0 Å². The van der Waals surface area contributed by atoms with Crippen molar-refractivity contribution in [3.8, 4) is 27.9 Å². The summed E-state index contributed by atoms with van der Waals surface area (Å²) in [5.41, 5.74) is 12.4. The molecule has 0 amide bonds. The monoisotopic (exact) mass is 724 g/mol. The van der Waals surface area contributed by atoms with Crippen molar-refractivity contribution in [3.05, 3.63) is 182 Å². The number of fused-ring (bicyclic) bond motifs is 8. The molecule has 54 heavy (non-hydrogen) atoms. The second kappa shape index (κ2) is 11.9. The van der Waals surface area contributed by atoms with Gasteiger partial charge in [0.25, 0.3) is 0 Å². The van der Waals surface area contributed by atoms with Gasteiger partial charge in [-0.05, 0) is 93.3 Å². The van der Waals surface area contributed by atoms with E-state index in [0.717, 1.165) is 0 Å². The molecule has 0 atom stereocenters. The normalized spacial score (nSPS) is 13.5. The molecule has 0 saturated heterocycles. The number of aromatic nitrogens is 1. The predicted octanol–water partition coefficient (Wildman–Crippen LogP) is 13.1. The van der Waals surface area contributed by atoms with Crippen LogP contribution in [0.25, 0.3) is 69.9 Å². The Kier molecular flexibility index (Phi) is 6.91. The third kappa shape index (κ3) is 4.64. The van der Waals surface area contributed by atoms with E-state index < -0.39 is 8.07 Å². The van der Waals surface area contributed by atoms with E-state index in [9.17, 15) is 0 Å². The van der Waals surface area contributed by atoms with Crippen LogP contribution in [0.2, 0.25) is 13.1 Å². The fraction of sp³-hybridized carbons (Fsp3) is 0.0400. The van der Waals surface area contributed by atoms with E-state index in [2.05, 4.69) is 205 Å². The van der Waals surface area contributed by atoms with Crippen LogP contribution >= 0.6 is 11.3 Å². The van der Waals surface area contributed by atoms with Gasteiger partial charge in [0.05, 0.1) is 11.0 Å². The minimum absolute atomic E-state index is 1.17. The van der Waals surface area contributed by atoms with Crippen molar-refractivity contribution in [1.82, 2.24) is 4.57 Å². The van der Waals surface area contributed by atoms with Crippen LogP contribution < -0.4 is 15.3 Å². The molecule has 256 valence electrons. The zero-order valence-electron chi connectivity index (χ0n) is 30.1. The molecule has 1 aliphatic heterocycles. The molecule has 11 rings (SSSR count). The lowest BCUT2D eigenvalue weighted by Crippen LogP contribution is -2.58. The average molecular weight is 725 g/mol. The predicted molar refractivity (Wildman–Crippen MR) is 236 cm³/mol. The van der Waals surface area contributed by atoms with E-state index in [4.69, 9.17) is 0 Å². The number of rotatable bonds is 4. The molecule has 1 aliphatic rings. The molecule has 0 unspecified atom stereocenters. The molecule has 0 radical (unpaired) electrons. The van der Waals surface area contributed by atoms with Gasteiger partial charge >= 0.3 is 0 Å². The summed E-state index contributed by atoms with van der Waals surface area (Å²) in [7, 11) is -2.01. The number of para-hydroxylation sites is 3. The molecule has 10 aromatic rings. The second-order valence-corrected chi connectivity index (χ2v) is 20.3. The Morgan fingerprint density at radius 3 is 1.94 bits per heavy atom. The van der Waals surface area contributed by atoms with Gasteiger partial charge in [-0.25, -0.2) is 0 Å². The zero-order chi connectivity index (χ0) is 36.0. The number of anilines is 3. The summed E-state index contributed by atoms with van der Waals surface area (Å²) >= 11 is 1.89. The molecule has 3 heterocycles. The zero-order valence-corrected chi connectivity index (χ0v) is 31.9. The van der Waals surface area contributed by atoms with Crippen LogP contribution in [-0.2, 0) is 0 Å². The van der Waals surface area contributed by atoms with Gasteiger partial charge in [0.15, 0.2) is 0 Å². The van der Waals surface area contributed by atoms with Crippen LogP contribution in [0, 0.1) is 0 Å². The first-order valence-electron chi connectivity index (χ1n) is 18.7. The standard InChI is InChI=1S/C50H36N2SSi/c1-54(2)48-22-11-9-20-45(48)52(36-13-4-3-5-14-36)46-30-26-35(32-49(46)54)34-25-29-44-42(31-34)39-15-6-8-19-43(39)51(44)37-27-23-33(24-28-37)38-17-12-18-41-40-16-7-10-21-47(40)53-50(38)41/h3-32H,1-2H3. The SMILES string of the molecule is C[Si]1(C)c2ccccc2N(c2ccccc2)c2ccc(-c3ccc4c(c3)c3ccccc3n4-c3ccc(-c4cccc5c4sc4ccccc45)cc3)cc21. The Morgan fingerprint density at radius 1 is 0.426 bits per heavy atom. The second-order valence-electron chi connectivity index (χ2n) is 15.0. The summed E-state index contributed by atoms with van der Waals surface area (Å²) < 4.78 is 5.11. The summed E-state index contributed by atoms with van der Waals surface area (Å²) in [5, 5.41) is 8.15. The lowest BCUT2D eigenvalue weighted by atomic mass is 10.0. The van der Waals surface area contributed by atoms with Crippen LogP contribution in [0.4, 0.5) is 17.1 Å². The minimum Gasteiger partial charge on any atom is -0.311 e. The topological polar surface area (TPSA) is 8.17 Å². The maximum absolute atomic E-state index is 2.50. The van der Waals surface area contributed by atoms with Gasteiger partial charge < -0.3 is 9.47 Å². The summed E-state index contributed by atoms with van der Waals surface area (Å²) in [5.74, 6) is 0. The van der Waals surface area contributed by atoms with Crippen molar-refractivity contribution in [2.24, 2.45) is 0 Å². The molecule has 8 aromatic carbocycles. The van der Waals surface area contributed by atoms with E-state index in [-0.39, 0.29) is 0 Å². The van der Waals surface area contributed by atoms with Gasteiger partial charge in [-0.15, -0.1) is 11.3 Å². The molecule has 0 N–H and O–H groups in total. The summed E-state index contributed by atoms with van der Waals surface area (Å²) in [6.45, 7) is 5.00. The fourth-order valence-corrected chi connectivity index (χ4v) is 13.2. The Morgan fingerprint density at radius 2 is 1.07 bits per heavy atom. The quantitative estimate of drug-likeness (QED) is 0.164. The molecular weight excluding hydrogens is 689 g/mol. The summed E-state index contributed by atoms with van der Waals surface area (Å²) in [6, 6.07) is 67.5. The van der Waals surface area contributed by atoms with Crippen molar-refractivity contribution < 1.29 is 0 Å². The van der Waals surface area contributed by atoms with Crippen molar-refractivity contribution in [2.75, 3.05) is 4.90 Å². The minimum atomic E-state index is -2.01. The van der Waals surface area contributed by atoms with E-state index >= 15 is 0 Å². The summed E-state index contributed by atoms with van der Waals surface area (Å²) in [6.07, 6.45) is 0. The first kappa shape index (κ1) is 31.3. The van der Waals surface area contributed by atoms with Crippen molar-refractivity contribution in [3.63, 3.8) is 0 Å². The first-order valence-corrected chi connectivity index (χ1v) is 22.5. The Labute approximate surface area is 319 Å². The first-order chi connectivity index (χ1) is 26.5. The van der Waals surface area contributed by atoms with Gasteiger partial charge in [0.1, 0.15) is 8.07 Å². The van der Waals surface area contributed by atoms with E-state index in [1.54, 1.807) is 0 Å². The van der Waals surface area contributed by atoms with Crippen molar-refractivity contribution in [1.29, 1.82) is 0 Å². The van der Waals surface area contributed by atoms with Crippen LogP contribution in [0.5, 0.6) is 0 Å². The third-order valence-electron chi connectivity index (χ3n) is 11.6. The van der Waals surface area contributed by atoms with E-state index in [1.807, 2.05) is 11.3 Å². The smallest absolute Gasteiger partial charge is 0.117 e. The number of hydrogen-bond acceptors (Lipinski definition) is 2. The van der Waals surface area contributed by atoms with Crippen LogP contribution in [0.3, 0.4) is 0 Å². The molecule has 0 bridgehead atoms. The lowest BCUT2D eigenvalue weighted by Gasteiger charge is -2.41. The van der Waals surface area contributed by atoms with Crippen LogP contribution in [0.15, 0.2) is 182 Å². The molecule has 0 aliphatic carbocycles. The number of hydrogen-bond donors (Lipinski definition) is 0. The van der Waals surface area contributed by atoms with E-state index in [1.165, 1.54) is 97.4 Å². The number of benzene rings is 8. The van der Waals surface area contributed by atoms with Gasteiger partial charge in [-0.2, -0.15) is 0 Å². The number of thiophene rings is 1. The van der Waals surface area contributed by atoms with Gasteiger partial charge in [-0.3, -0.25) is 0 Å². The average Bonchev–Trinajstić information content (AvgIpc) is 3.77. The molecule has 0 spiro atoms.